The fourth-order valence-corrected chi connectivity index (χ4v) is 18.8. The Morgan fingerprint density at radius 2 is 1.81 bits per heavy atom. The van der Waals surface area contributed by atoms with Gasteiger partial charge in [-0.25, -0.2) is 0 Å². The minimum absolute atomic E-state index is 0.0226. The average Bonchev–Trinajstić information content (AvgIpc) is 3.90. The van der Waals surface area contributed by atoms with Gasteiger partial charge in [-0.1, -0.05) is 76.6 Å². The van der Waals surface area contributed by atoms with Gasteiger partial charge in [0.05, 0.1) is 30.1 Å². The highest BCUT2D eigenvalue weighted by atomic mass is 33.1. The lowest BCUT2D eigenvalue weighted by atomic mass is 9.49. The number of Topliss-reactive ketones (excluding diaryl/α,β-unsaturated/α-hetero) is 2. The SMILES string of the molecule is O=CC1CCCC12CC1CCC3=C4C5=C(NC3)NC3CC5=CC2C41CC1(O)C(O)C(CO)OC(Oc2cccc4c2C(=O)C2(C(O)=CC(Cc5cccc(CO)c5)=CC2C4=O)C(CCCO)SS3)C1O. The third kappa shape index (κ3) is 6.49. The zero-order valence-electron chi connectivity index (χ0n) is 38.7. The van der Waals surface area contributed by atoms with Crippen LogP contribution < -0.4 is 15.4 Å². The van der Waals surface area contributed by atoms with Crippen molar-refractivity contribution >= 4 is 39.4 Å². The Hall–Kier alpha value is -4.23. The van der Waals surface area contributed by atoms with E-state index in [-0.39, 0.29) is 78.2 Å². The molecule has 5 heterocycles. The normalized spacial score (nSPS) is 40.1. The first-order chi connectivity index (χ1) is 33.9. The van der Waals surface area contributed by atoms with Gasteiger partial charge in [-0.2, -0.15) is 0 Å². The Morgan fingerprint density at radius 3 is 2.61 bits per heavy atom. The lowest BCUT2D eigenvalue weighted by Crippen LogP contribution is -2.70. The van der Waals surface area contributed by atoms with Crippen molar-refractivity contribution in [3.05, 3.63) is 122 Å². The summed E-state index contributed by atoms with van der Waals surface area (Å²) in [7, 11) is 2.92. The summed E-state index contributed by atoms with van der Waals surface area (Å²) in [4.78, 5) is 44.6. The van der Waals surface area contributed by atoms with E-state index in [4.69, 9.17) is 9.47 Å². The molecule has 10 bridgehead atoms. The molecule has 14 unspecified atom stereocenters. The van der Waals surface area contributed by atoms with Crippen molar-refractivity contribution in [2.24, 2.45) is 39.9 Å². The average molecular weight is 993 g/mol. The number of carbonyl (C=O) groups is 3. The van der Waals surface area contributed by atoms with Crippen LogP contribution in [0.5, 0.6) is 5.75 Å². The maximum Gasteiger partial charge on any atom is 0.229 e. The lowest BCUT2D eigenvalue weighted by molar-refractivity contribution is -0.321. The van der Waals surface area contributed by atoms with E-state index in [1.54, 1.807) is 24.3 Å². The number of nitrogens with one attached hydrogen (secondary N) is 2. The van der Waals surface area contributed by atoms with Crippen LogP contribution in [-0.2, 0) is 22.6 Å². The van der Waals surface area contributed by atoms with Crippen molar-refractivity contribution in [1.82, 2.24) is 10.6 Å². The highest BCUT2D eigenvalue weighted by molar-refractivity contribution is 8.77. The second-order valence-corrected chi connectivity index (χ2v) is 24.2. The van der Waals surface area contributed by atoms with Crippen molar-refractivity contribution in [1.29, 1.82) is 0 Å². The van der Waals surface area contributed by atoms with E-state index in [2.05, 4.69) is 16.7 Å². The Kier molecular flexibility index (Phi) is 11.5. The highest BCUT2D eigenvalue weighted by Gasteiger charge is 2.72. The van der Waals surface area contributed by atoms with Crippen LogP contribution in [0.25, 0.3) is 0 Å². The molecule has 2 aromatic carbocycles. The first-order valence-corrected chi connectivity index (χ1v) is 27.2. The van der Waals surface area contributed by atoms with Gasteiger partial charge >= 0.3 is 0 Å². The first-order valence-electron chi connectivity index (χ1n) is 25.0. The molecule has 14 nitrogen and oxygen atoms in total. The summed E-state index contributed by atoms with van der Waals surface area (Å²) in [5, 5.41) is 88.8. The van der Waals surface area contributed by atoms with Crippen molar-refractivity contribution in [2.75, 3.05) is 19.8 Å². The number of ether oxygens (including phenoxy) is 2. The predicted molar refractivity (Wildman–Crippen MR) is 260 cm³/mol. The van der Waals surface area contributed by atoms with Crippen LogP contribution in [-0.4, -0.2) is 114 Å². The number of hydrogen-bond acceptors (Lipinski definition) is 16. The monoisotopic (exact) mass is 992 g/mol. The van der Waals surface area contributed by atoms with Gasteiger partial charge in [0.1, 0.15) is 52.9 Å². The zero-order valence-corrected chi connectivity index (χ0v) is 40.4. The van der Waals surface area contributed by atoms with Crippen molar-refractivity contribution in [3.63, 3.8) is 0 Å². The van der Waals surface area contributed by atoms with Gasteiger partial charge in [0.25, 0.3) is 0 Å². The minimum Gasteiger partial charge on any atom is -0.511 e. The summed E-state index contributed by atoms with van der Waals surface area (Å²) in [5.74, 6) is -2.37. The van der Waals surface area contributed by atoms with Crippen LogP contribution in [0.3, 0.4) is 0 Å². The van der Waals surface area contributed by atoms with E-state index >= 15 is 9.59 Å². The highest BCUT2D eigenvalue weighted by Crippen LogP contribution is 2.76. The molecule has 1 saturated heterocycles. The Bertz CT molecular complexity index is 2740. The van der Waals surface area contributed by atoms with Gasteiger partial charge in [0.15, 0.2) is 11.6 Å². The molecule has 0 radical (unpaired) electrons. The predicted octanol–water partition coefficient (Wildman–Crippen LogP) is 5.03. The molecule has 13 rings (SSSR count). The molecule has 2 saturated carbocycles. The maximum absolute atomic E-state index is 16.0. The molecule has 6 aliphatic carbocycles. The summed E-state index contributed by atoms with van der Waals surface area (Å²) < 4.78 is 12.8. The molecule has 0 amide bonds. The largest absolute Gasteiger partial charge is 0.511 e. The fourth-order valence-electron chi connectivity index (χ4n) is 15.4. The Morgan fingerprint density at radius 1 is 0.986 bits per heavy atom. The number of benzene rings is 2. The quantitative estimate of drug-likeness (QED) is 0.125. The van der Waals surface area contributed by atoms with Crippen LogP contribution in [0, 0.1) is 39.9 Å². The molecule has 9 N–H and O–H groups in total. The van der Waals surface area contributed by atoms with Gasteiger partial charge < -0.3 is 60.6 Å². The summed E-state index contributed by atoms with van der Waals surface area (Å²) in [6.07, 6.45) is 5.85. The number of aliphatic hydroxyl groups is 7. The van der Waals surface area contributed by atoms with E-state index in [1.165, 1.54) is 39.3 Å². The third-order valence-electron chi connectivity index (χ3n) is 18.3. The maximum atomic E-state index is 16.0. The number of aliphatic hydroxyl groups excluding tert-OH is 6. The Balaban J connectivity index is 1.06. The van der Waals surface area contributed by atoms with Crippen LogP contribution in [0.15, 0.2) is 100 Å². The van der Waals surface area contributed by atoms with Gasteiger partial charge in [-0.15, -0.1) is 0 Å². The molecule has 3 fully saturated rings. The van der Waals surface area contributed by atoms with E-state index in [0.29, 0.717) is 30.5 Å². The Labute approximate surface area is 413 Å². The molecule has 70 heavy (non-hydrogen) atoms. The van der Waals surface area contributed by atoms with Crippen LogP contribution in [0.2, 0.25) is 0 Å². The van der Waals surface area contributed by atoms with Gasteiger partial charge in [0.2, 0.25) is 6.29 Å². The van der Waals surface area contributed by atoms with Crippen LogP contribution >= 0.6 is 21.6 Å². The van der Waals surface area contributed by atoms with Crippen molar-refractivity contribution in [3.8, 4) is 5.75 Å². The minimum atomic E-state index is -2.36. The van der Waals surface area contributed by atoms with E-state index in [0.717, 1.165) is 72.9 Å². The number of allylic oxidation sites excluding steroid dienone is 7. The summed E-state index contributed by atoms with van der Waals surface area (Å²) in [6.45, 7) is -0.592. The summed E-state index contributed by atoms with van der Waals surface area (Å²) in [6, 6.07) is 12.0. The van der Waals surface area contributed by atoms with Crippen molar-refractivity contribution in [2.45, 2.75) is 118 Å². The second kappa shape index (κ2) is 17.2. The molecule has 370 valence electrons. The number of aldehydes is 1. The van der Waals surface area contributed by atoms with Gasteiger partial charge in [-0.3, -0.25) is 9.59 Å². The van der Waals surface area contributed by atoms with E-state index in [9.17, 15) is 40.5 Å². The molecular formula is C54H60N2O12S2. The molecule has 2 aromatic rings. The van der Waals surface area contributed by atoms with Crippen molar-refractivity contribution < 1.29 is 59.6 Å². The van der Waals surface area contributed by atoms with Crippen LogP contribution in [0.1, 0.15) is 96.1 Å². The molecule has 11 aliphatic rings. The molecular weight excluding hydrogens is 933 g/mol. The van der Waals surface area contributed by atoms with E-state index in [1.807, 2.05) is 18.2 Å². The molecule has 0 aromatic heterocycles. The zero-order chi connectivity index (χ0) is 48.5. The molecule has 16 heteroatoms. The second-order valence-electron chi connectivity index (χ2n) is 21.5. The molecule has 3 spiro atoms. The number of hydrogen-bond donors (Lipinski definition) is 9. The number of rotatable bonds is 8. The number of ketones is 2. The fraction of sp³-hybridized carbons (Fsp3) is 0.537. The van der Waals surface area contributed by atoms with Gasteiger partial charge in [0, 0.05) is 47.3 Å². The number of dihydropyridines is 1. The molecule has 14 atom stereocenters. The number of carbonyl (C=O) groups excluding carboxylic acids is 3. The lowest BCUT2D eigenvalue weighted by Gasteiger charge is -2.59. The molecule has 5 aliphatic heterocycles. The number of fused-ring (bicyclic) bond motifs is 2. The van der Waals surface area contributed by atoms with Crippen LogP contribution in [0.4, 0.5) is 0 Å². The smallest absolute Gasteiger partial charge is 0.229 e. The van der Waals surface area contributed by atoms with Gasteiger partial charge in [-0.05, 0) is 121 Å². The standard InChI is InChI=1S/C54H60N2O12S2/c57-14-4-10-40-54-35(17-29(18-39(54)61)16-27-5-1-6-28(15-27)23-58)45(62)34-8-2-9-36(43(34)47(54)64)67-50-48(65)53(66,46(63)37(25-60)68-50)26-52-32-12-11-30-22-55-49-42(44(30)52)31(20-41(56-49)70-69-40)19-38(52)51(21-32)13-3-7-33(51)24-59/h1-2,5-6,8-9,15,17-19,24,32-33,35,37-38,40-41,46,48,50,55-58,60-61,63,65-66H,3-4,7,10-14,16,20-23,25-26H2. The third-order valence-corrected chi connectivity index (χ3v) is 21.5. The first kappa shape index (κ1) is 46.8. The topological polar surface area (TPSA) is 235 Å². The summed E-state index contributed by atoms with van der Waals surface area (Å²) >= 11 is 0. The van der Waals surface area contributed by atoms with E-state index < -0.39 is 75.8 Å². The summed E-state index contributed by atoms with van der Waals surface area (Å²) in [5.41, 5.74) is 0.896.